The first-order valence-corrected chi connectivity index (χ1v) is 19.6. The van der Waals surface area contributed by atoms with E-state index in [1.807, 2.05) is 36.4 Å². The molecule has 12 rings (SSSR count). The minimum atomic E-state index is 0.632. The van der Waals surface area contributed by atoms with Crippen LogP contribution in [-0.2, 0) is 0 Å². The monoisotopic (exact) mass is 739 g/mol. The molecule has 12 aromatic rings. The first kappa shape index (κ1) is 32.4. The Hall–Kier alpha value is -7.89. The van der Waals surface area contributed by atoms with Gasteiger partial charge in [0.2, 0.25) is 0 Å². The zero-order valence-electron chi connectivity index (χ0n) is 31.3. The summed E-state index contributed by atoms with van der Waals surface area (Å²) in [6, 6.07) is 71.0. The molecule has 9 aromatic carbocycles. The van der Waals surface area contributed by atoms with Crippen LogP contribution in [0, 0.1) is 0 Å². The van der Waals surface area contributed by atoms with Crippen LogP contribution in [0.1, 0.15) is 0 Å². The highest BCUT2D eigenvalue weighted by molar-refractivity contribution is 6.24. The van der Waals surface area contributed by atoms with Crippen LogP contribution in [0.15, 0.2) is 200 Å². The minimum absolute atomic E-state index is 0.632. The van der Waals surface area contributed by atoms with Gasteiger partial charge in [0.1, 0.15) is 0 Å². The highest BCUT2D eigenvalue weighted by Crippen LogP contribution is 2.43. The quantitative estimate of drug-likeness (QED) is 0.177. The van der Waals surface area contributed by atoms with Gasteiger partial charge >= 0.3 is 0 Å². The second-order valence-corrected chi connectivity index (χ2v) is 14.8. The Morgan fingerprint density at radius 2 is 0.776 bits per heavy atom. The first-order chi connectivity index (χ1) is 28.8. The van der Waals surface area contributed by atoms with E-state index in [-0.39, 0.29) is 0 Å². The molecule has 0 spiro atoms. The lowest BCUT2D eigenvalue weighted by Crippen LogP contribution is -2.01. The number of hydrogen-bond acceptors (Lipinski definition) is 3. The molecule has 0 radical (unpaired) electrons. The Morgan fingerprint density at radius 3 is 1.45 bits per heavy atom. The highest BCUT2D eigenvalue weighted by Gasteiger charge is 2.22. The summed E-state index contributed by atoms with van der Waals surface area (Å²) < 4.78 is 4.82. The van der Waals surface area contributed by atoms with Gasteiger partial charge in [0.15, 0.2) is 17.5 Å². The van der Waals surface area contributed by atoms with E-state index in [9.17, 15) is 0 Å². The molecule has 0 saturated carbocycles. The van der Waals surface area contributed by atoms with Crippen LogP contribution < -0.4 is 0 Å². The largest absolute Gasteiger partial charge is 0.309 e. The maximum absolute atomic E-state index is 5.22. The average molecular weight is 740 g/mol. The van der Waals surface area contributed by atoms with Crippen LogP contribution in [0.2, 0.25) is 0 Å². The van der Waals surface area contributed by atoms with Gasteiger partial charge in [0.25, 0.3) is 0 Å². The second-order valence-electron chi connectivity index (χ2n) is 14.8. The number of fused-ring (bicyclic) bond motifs is 9. The SMILES string of the molecule is c1ccc(-c2nc(-c3ccccc3)nc(-c3cc4c(c5ccccc35)c3cc(-n5c6ccccc6c6ccccc65)ccc3n4-c3ccc4ccccc4c3)n2)cc1. The van der Waals surface area contributed by atoms with Gasteiger partial charge in [-0.1, -0.05) is 152 Å². The average Bonchev–Trinajstić information content (AvgIpc) is 3.81. The molecule has 270 valence electrons. The highest BCUT2D eigenvalue weighted by atomic mass is 15.0. The van der Waals surface area contributed by atoms with E-state index < -0.39 is 0 Å². The fraction of sp³-hybridized carbons (Fsp3) is 0. The molecule has 5 nitrogen and oxygen atoms in total. The topological polar surface area (TPSA) is 48.5 Å². The summed E-state index contributed by atoms with van der Waals surface area (Å²) in [5.41, 5.74) is 9.63. The summed E-state index contributed by atoms with van der Waals surface area (Å²) in [7, 11) is 0. The molecule has 0 N–H and O–H groups in total. The van der Waals surface area contributed by atoms with Crippen molar-refractivity contribution in [1.29, 1.82) is 0 Å². The van der Waals surface area contributed by atoms with Crippen LogP contribution >= 0.6 is 0 Å². The van der Waals surface area contributed by atoms with E-state index in [0.29, 0.717) is 17.5 Å². The minimum Gasteiger partial charge on any atom is -0.309 e. The van der Waals surface area contributed by atoms with Crippen molar-refractivity contribution in [1.82, 2.24) is 24.1 Å². The van der Waals surface area contributed by atoms with Gasteiger partial charge < -0.3 is 9.13 Å². The van der Waals surface area contributed by atoms with Crippen LogP contribution in [0.4, 0.5) is 0 Å². The van der Waals surface area contributed by atoms with E-state index in [1.54, 1.807) is 0 Å². The van der Waals surface area contributed by atoms with E-state index in [1.165, 1.54) is 43.4 Å². The van der Waals surface area contributed by atoms with Crippen molar-refractivity contribution < 1.29 is 0 Å². The molecule has 0 atom stereocenters. The lowest BCUT2D eigenvalue weighted by Gasteiger charge is -2.13. The van der Waals surface area contributed by atoms with Gasteiger partial charge in [0, 0.05) is 49.6 Å². The lowest BCUT2D eigenvalue weighted by atomic mass is 9.98. The number of aromatic nitrogens is 5. The van der Waals surface area contributed by atoms with Gasteiger partial charge in [-0.05, 0) is 70.1 Å². The summed E-state index contributed by atoms with van der Waals surface area (Å²) in [5.74, 6) is 1.91. The molecule has 0 aliphatic carbocycles. The predicted octanol–water partition coefficient (Wildman–Crippen LogP) is 13.4. The number of nitrogens with zero attached hydrogens (tertiary/aromatic N) is 5. The van der Waals surface area contributed by atoms with Gasteiger partial charge in [-0.2, -0.15) is 0 Å². The van der Waals surface area contributed by atoms with Crippen LogP contribution in [0.3, 0.4) is 0 Å². The molecule has 0 fully saturated rings. The van der Waals surface area contributed by atoms with Crippen molar-refractivity contribution in [2.45, 2.75) is 0 Å². The zero-order valence-corrected chi connectivity index (χ0v) is 31.3. The molecule has 0 aliphatic heterocycles. The van der Waals surface area contributed by atoms with E-state index in [2.05, 4.69) is 173 Å². The van der Waals surface area contributed by atoms with Crippen molar-refractivity contribution in [2.75, 3.05) is 0 Å². The van der Waals surface area contributed by atoms with Crippen molar-refractivity contribution in [3.8, 4) is 45.5 Å². The molecular formula is C53H33N5. The Bertz CT molecular complexity index is 3450. The van der Waals surface area contributed by atoms with Crippen molar-refractivity contribution in [2.24, 2.45) is 0 Å². The Balaban J connectivity index is 1.19. The molecule has 3 heterocycles. The van der Waals surface area contributed by atoms with Crippen molar-refractivity contribution >= 4 is 65.2 Å². The fourth-order valence-corrected chi connectivity index (χ4v) is 8.92. The molecule has 58 heavy (non-hydrogen) atoms. The normalized spacial score (nSPS) is 11.8. The van der Waals surface area contributed by atoms with Crippen molar-refractivity contribution in [3.05, 3.63) is 200 Å². The smallest absolute Gasteiger partial charge is 0.164 e. The standard InChI is InChI=1S/C53H33N5/c1-3-16-35(17-4-1)51-54-52(36-18-5-2-6-19-36)56-53(55-51)44-33-49-50(43-24-10-9-21-40(43)44)45-32-39(57-46-25-13-11-22-41(46)42-23-12-14-26-47(42)57)29-30-48(45)58(49)38-28-27-34-15-7-8-20-37(34)31-38/h1-33H. The molecule has 0 amide bonds. The fourth-order valence-electron chi connectivity index (χ4n) is 8.92. The van der Waals surface area contributed by atoms with Crippen LogP contribution in [-0.4, -0.2) is 24.1 Å². The van der Waals surface area contributed by atoms with Crippen LogP contribution in [0.25, 0.3) is 111 Å². The third kappa shape index (κ3) is 5.00. The Labute approximate surface area is 333 Å². The van der Waals surface area contributed by atoms with Gasteiger partial charge in [0.05, 0.1) is 22.1 Å². The van der Waals surface area contributed by atoms with E-state index in [0.717, 1.165) is 49.9 Å². The summed E-state index contributed by atoms with van der Waals surface area (Å²) >= 11 is 0. The molecule has 0 aliphatic rings. The molecule has 0 saturated heterocycles. The van der Waals surface area contributed by atoms with E-state index >= 15 is 0 Å². The molecule has 0 unspecified atom stereocenters. The van der Waals surface area contributed by atoms with Crippen LogP contribution in [0.5, 0.6) is 0 Å². The second kappa shape index (κ2) is 12.8. The van der Waals surface area contributed by atoms with E-state index in [4.69, 9.17) is 15.0 Å². The summed E-state index contributed by atoms with van der Waals surface area (Å²) in [6.45, 7) is 0. The van der Waals surface area contributed by atoms with Gasteiger partial charge in [-0.25, -0.2) is 15.0 Å². The first-order valence-electron chi connectivity index (χ1n) is 19.6. The maximum atomic E-state index is 5.22. The predicted molar refractivity (Wildman–Crippen MR) is 240 cm³/mol. The van der Waals surface area contributed by atoms with Gasteiger partial charge in [-0.3, -0.25) is 0 Å². The Morgan fingerprint density at radius 1 is 0.293 bits per heavy atom. The molecule has 5 heteroatoms. The maximum Gasteiger partial charge on any atom is 0.164 e. The molecule has 0 bridgehead atoms. The van der Waals surface area contributed by atoms with Crippen molar-refractivity contribution in [3.63, 3.8) is 0 Å². The summed E-state index contributed by atoms with van der Waals surface area (Å²) in [4.78, 5) is 15.5. The third-order valence-corrected chi connectivity index (χ3v) is 11.5. The zero-order chi connectivity index (χ0) is 38.2. The summed E-state index contributed by atoms with van der Waals surface area (Å²) in [6.07, 6.45) is 0. The Kier molecular flexibility index (Phi) is 7.16. The summed E-state index contributed by atoms with van der Waals surface area (Å²) in [5, 5.41) is 9.47. The molecule has 3 aromatic heterocycles. The lowest BCUT2D eigenvalue weighted by molar-refractivity contribution is 1.08. The third-order valence-electron chi connectivity index (χ3n) is 11.5. The van der Waals surface area contributed by atoms with Gasteiger partial charge in [-0.15, -0.1) is 0 Å². The number of para-hydroxylation sites is 2. The number of rotatable bonds is 5. The molecular weight excluding hydrogens is 707 g/mol. The number of hydrogen-bond donors (Lipinski definition) is 0. The number of benzene rings is 9.